The number of carbonyl (C=O) groups is 2. The number of hydrogen-bond acceptors (Lipinski definition) is 3. The van der Waals surface area contributed by atoms with Crippen LogP contribution >= 0.6 is 0 Å². The largest absolute Gasteiger partial charge is 0.310 e. The average Bonchev–Trinajstić information content (AvgIpc) is 3.46. The van der Waals surface area contributed by atoms with Crippen molar-refractivity contribution in [1.82, 2.24) is 0 Å². The summed E-state index contributed by atoms with van der Waals surface area (Å²) in [6.07, 6.45) is 1.75. The summed E-state index contributed by atoms with van der Waals surface area (Å²) in [6, 6.07) is 42.2. The number of rotatable bonds is 2. The minimum absolute atomic E-state index is 0.106. The molecule has 2 aliphatic carbocycles. The van der Waals surface area contributed by atoms with Crippen LogP contribution in [0.25, 0.3) is 28.0 Å². The monoisotopic (exact) mass is 607 g/mol. The van der Waals surface area contributed by atoms with E-state index in [1.165, 1.54) is 39.1 Å². The molecular formula is C44H33NO2. The Morgan fingerprint density at radius 1 is 0.532 bits per heavy atom. The van der Waals surface area contributed by atoms with Gasteiger partial charge in [0.15, 0.2) is 11.6 Å². The number of carbonyl (C=O) groups excluding carboxylic acids is 2. The molecule has 6 aromatic rings. The standard InChI is InChI=1S/C44H33NO2/c1-43(2)35-17-11-10-14-30(35)33-24-37-39(25-36(33)43)45(28-12-6-5-7-13-28)38-21-19-27-22-26(18-20-29(27)40(38)44(37,3)4)23-34-41(46)31-15-8-9-16-32(31)42(34)47/h5-25H,1-4H3. The Bertz CT molecular complexity index is 2360. The lowest BCUT2D eigenvalue weighted by molar-refractivity contribution is 0.0990. The predicted molar refractivity (Wildman–Crippen MR) is 191 cm³/mol. The lowest BCUT2D eigenvalue weighted by Gasteiger charge is -2.43. The molecular weight excluding hydrogens is 574 g/mol. The van der Waals surface area contributed by atoms with Gasteiger partial charge < -0.3 is 4.90 Å². The van der Waals surface area contributed by atoms with E-state index in [1.54, 1.807) is 30.3 Å². The molecule has 226 valence electrons. The summed E-state index contributed by atoms with van der Waals surface area (Å²) < 4.78 is 0. The number of para-hydroxylation sites is 1. The van der Waals surface area contributed by atoms with E-state index in [9.17, 15) is 9.59 Å². The van der Waals surface area contributed by atoms with Gasteiger partial charge in [0.2, 0.25) is 0 Å². The molecule has 6 aromatic carbocycles. The highest BCUT2D eigenvalue weighted by atomic mass is 16.2. The van der Waals surface area contributed by atoms with Crippen molar-refractivity contribution in [3.05, 3.63) is 166 Å². The Morgan fingerprint density at radius 3 is 1.91 bits per heavy atom. The molecule has 0 atom stereocenters. The van der Waals surface area contributed by atoms with Gasteiger partial charge in [-0.1, -0.05) is 113 Å². The molecule has 0 unspecified atom stereocenters. The van der Waals surface area contributed by atoms with Crippen LogP contribution in [0.1, 0.15) is 76.2 Å². The van der Waals surface area contributed by atoms with E-state index in [1.807, 2.05) is 6.07 Å². The van der Waals surface area contributed by atoms with Gasteiger partial charge in [-0.2, -0.15) is 0 Å². The van der Waals surface area contributed by atoms with Crippen LogP contribution in [0.4, 0.5) is 17.1 Å². The Balaban J connectivity index is 1.25. The van der Waals surface area contributed by atoms with E-state index in [0.29, 0.717) is 11.1 Å². The molecule has 0 saturated heterocycles. The molecule has 0 aromatic heterocycles. The van der Waals surface area contributed by atoms with E-state index >= 15 is 0 Å². The molecule has 0 radical (unpaired) electrons. The first-order valence-electron chi connectivity index (χ1n) is 16.3. The lowest BCUT2D eigenvalue weighted by atomic mass is 9.70. The van der Waals surface area contributed by atoms with Gasteiger partial charge in [-0.3, -0.25) is 9.59 Å². The number of Topliss-reactive ketones (excluding diaryl/α,β-unsaturated/α-hetero) is 2. The van der Waals surface area contributed by atoms with Crippen LogP contribution in [0.5, 0.6) is 0 Å². The van der Waals surface area contributed by atoms with Crippen molar-refractivity contribution < 1.29 is 9.59 Å². The number of anilines is 3. The molecule has 1 aliphatic heterocycles. The van der Waals surface area contributed by atoms with Gasteiger partial charge in [-0.05, 0) is 92.2 Å². The second kappa shape index (κ2) is 9.49. The third kappa shape index (κ3) is 3.74. The summed E-state index contributed by atoms with van der Waals surface area (Å²) in [4.78, 5) is 28.7. The van der Waals surface area contributed by atoms with E-state index in [-0.39, 0.29) is 28.0 Å². The van der Waals surface area contributed by atoms with Gasteiger partial charge in [0.05, 0.1) is 16.9 Å². The minimum atomic E-state index is -0.314. The first-order chi connectivity index (χ1) is 22.7. The fourth-order valence-corrected chi connectivity index (χ4v) is 8.38. The second-order valence-corrected chi connectivity index (χ2v) is 14.1. The number of benzene rings is 6. The molecule has 0 saturated carbocycles. The van der Waals surface area contributed by atoms with E-state index in [2.05, 4.69) is 124 Å². The third-order valence-corrected chi connectivity index (χ3v) is 10.7. The Hall–Kier alpha value is -5.54. The van der Waals surface area contributed by atoms with Gasteiger partial charge in [0, 0.05) is 27.6 Å². The second-order valence-electron chi connectivity index (χ2n) is 14.1. The Labute approximate surface area is 274 Å². The molecule has 0 bridgehead atoms. The number of hydrogen-bond donors (Lipinski definition) is 0. The zero-order valence-corrected chi connectivity index (χ0v) is 26.9. The molecule has 1 heterocycles. The summed E-state index contributed by atoms with van der Waals surface area (Å²) in [5, 5.41) is 2.24. The van der Waals surface area contributed by atoms with Gasteiger partial charge in [-0.15, -0.1) is 0 Å². The fraction of sp³-hybridized carbons (Fsp3) is 0.136. The summed E-state index contributed by atoms with van der Waals surface area (Å²) in [7, 11) is 0. The van der Waals surface area contributed by atoms with Crippen LogP contribution in [0.2, 0.25) is 0 Å². The van der Waals surface area contributed by atoms with Gasteiger partial charge >= 0.3 is 0 Å². The van der Waals surface area contributed by atoms with Gasteiger partial charge in [0.1, 0.15) is 0 Å². The highest BCUT2D eigenvalue weighted by Gasteiger charge is 2.43. The number of fused-ring (bicyclic) bond motifs is 8. The minimum Gasteiger partial charge on any atom is -0.310 e. The molecule has 0 N–H and O–H groups in total. The van der Waals surface area contributed by atoms with E-state index < -0.39 is 0 Å². The van der Waals surface area contributed by atoms with Gasteiger partial charge in [0.25, 0.3) is 0 Å². The number of allylic oxidation sites excluding steroid dienone is 1. The molecule has 0 fully saturated rings. The van der Waals surface area contributed by atoms with Crippen LogP contribution in [-0.4, -0.2) is 11.6 Å². The molecule has 3 aliphatic rings. The normalized spacial score (nSPS) is 16.4. The fourth-order valence-electron chi connectivity index (χ4n) is 8.38. The van der Waals surface area contributed by atoms with Crippen molar-refractivity contribution in [2.45, 2.75) is 38.5 Å². The SMILES string of the molecule is CC1(C)c2ccccc2-c2cc3c(cc21)N(c1ccccc1)c1ccc2cc(C=C4C(=O)c5ccccc5C4=O)ccc2c1C3(C)C. The highest BCUT2D eigenvalue weighted by Crippen LogP contribution is 2.58. The van der Waals surface area contributed by atoms with Crippen molar-refractivity contribution >= 4 is 45.5 Å². The molecule has 3 heteroatoms. The van der Waals surface area contributed by atoms with Crippen LogP contribution in [-0.2, 0) is 10.8 Å². The molecule has 9 rings (SSSR count). The molecule has 3 nitrogen and oxygen atoms in total. The van der Waals surface area contributed by atoms with Crippen LogP contribution in [0.15, 0.2) is 127 Å². The van der Waals surface area contributed by atoms with Crippen LogP contribution in [0.3, 0.4) is 0 Å². The quantitative estimate of drug-likeness (QED) is 0.145. The predicted octanol–water partition coefficient (Wildman–Crippen LogP) is 10.7. The van der Waals surface area contributed by atoms with Crippen molar-refractivity contribution in [3.63, 3.8) is 0 Å². The number of nitrogens with zero attached hydrogens (tertiary/aromatic N) is 1. The first kappa shape index (κ1) is 27.7. The lowest BCUT2D eigenvalue weighted by Crippen LogP contribution is -2.31. The van der Waals surface area contributed by atoms with E-state index in [4.69, 9.17) is 0 Å². The Morgan fingerprint density at radius 2 is 1.19 bits per heavy atom. The maximum Gasteiger partial charge on any atom is 0.197 e. The zero-order valence-electron chi connectivity index (χ0n) is 26.9. The highest BCUT2D eigenvalue weighted by molar-refractivity contribution is 6.41. The van der Waals surface area contributed by atoms with Crippen molar-refractivity contribution in [2.75, 3.05) is 4.90 Å². The third-order valence-electron chi connectivity index (χ3n) is 10.7. The Kier molecular flexibility index (Phi) is 5.60. The van der Waals surface area contributed by atoms with Crippen molar-refractivity contribution in [1.29, 1.82) is 0 Å². The van der Waals surface area contributed by atoms with E-state index in [0.717, 1.165) is 27.7 Å². The average molecular weight is 608 g/mol. The van der Waals surface area contributed by atoms with Crippen molar-refractivity contribution in [3.8, 4) is 11.1 Å². The number of ketones is 2. The first-order valence-corrected chi connectivity index (χ1v) is 16.3. The topological polar surface area (TPSA) is 37.4 Å². The zero-order chi connectivity index (χ0) is 32.2. The summed E-state index contributed by atoms with van der Waals surface area (Å²) in [5.74, 6) is -0.408. The maximum atomic E-state index is 13.1. The smallest absolute Gasteiger partial charge is 0.197 e. The molecule has 47 heavy (non-hydrogen) atoms. The molecule has 0 spiro atoms. The van der Waals surface area contributed by atoms with Crippen LogP contribution in [0, 0.1) is 0 Å². The van der Waals surface area contributed by atoms with Gasteiger partial charge in [-0.25, -0.2) is 0 Å². The van der Waals surface area contributed by atoms with Crippen molar-refractivity contribution in [2.24, 2.45) is 0 Å². The summed E-state index contributed by atoms with van der Waals surface area (Å²) in [6.45, 7) is 9.36. The van der Waals surface area contributed by atoms with Crippen LogP contribution < -0.4 is 4.90 Å². The maximum absolute atomic E-state index is 13.1. The molecule has 0 amide bonds. The summed E-state index contributed by atoms with van der Waals surface area (Å²) in [5.41, 5.74) is 13.0. The summed E-state index contributed by atoms with van der Waals surface area (Å²) >= 11 is 0.